The number of amides is 2. The van der Waals surface area contributed by atoms with Crippen LogP contribution in [-0.4, -0.2) is 54.7 Å². The van der Waals surface area contributed by atoms with Gasteiger partial charge in [0.25, 0.3) is 0 Å². The number of carbonyl (C=O) groups excluding carboxylic acids is 2. The monoisotopic (exact) mass is 452 g/mol. The van der Waals surface area contributed by atoms with Gasteiger partial charge in [-0.2, -0.15) is 0 Å². The highest BCUT2D eigenvalue weighted by molar-refractivity contribution is 5.79. The lowest BCUT2D eigenvalue weighted by Gasteiger charge is -2.24. The molecule has 2 amide bonds. The Morgan fingerprint density at radius 1 is 1.03 bits per heavy atom. The van der Waals surface area contributed by atoms with Gasteiger partial charge in [0.05, 0.1) is 6.42 Å². The molecule has 176 valence electrons. The maximum absolute atomic E-state index is 12.5. The van der Waals surface area contributed by atoms with Crippen molar-refractivity contribution in [2.75, 3.05) is 26.7 Å². The lowest BCUT2D eigenvalue weighted by atomic mass is 9.92. The second kappa shape index (κ2) is 11.0. The summed E-state index contributed by atoms with van der Waals surface area (Å²) in [5.74, 6) is -0.995. The Hall–Kier alpha value is -3.35. The van der Waals surface area contributed by atoms with E-state index in [1.54, 1.807) is 7.05 Å². The molecule has 0 spiro atoms. The van der Waals surface area contributed by atoms with Crippen molar-refractivity contribution >= 4 is 18.0 Å². The van der Waals surface area contributed by atoms with E-state index in [-0.39, 0.29) is 49.7 Å². The maximum Gasteiger partial charge on any atom is 0.407 e. The number of carboxylic acids is 1. The summed E-state index contributed by atoms with van der Waals surface area (Å²) in [5, 5.41) is 11.6. The van der Waals surface area contributed by atoms with E-state index in [9.17, 15) is 14.4 Å². The highest BCUT2D eigenvalue weighted by Gasteiger charge is 2.29. The molecule has 0 bridgehead atoms. The fourth-order valence-electron chi connectivity index (χ4n) is 4.18. The van der Waals surface area contributed by atoms with Gasteiger partial charge in [-0.3, -0.25) is 9.59 Å². The Labute approximate surface area is 194 Å². The first-order valence-electron chi connectivity index (χ1n) is 11.3. The number of ether oxygens (including phenoxy) is 1. The standard InChI is InChI=1S/C26H32N2O5/c1-17(2)18(14-24(29)28(3)13-12-25(30)31)15-27-26(32)33-16-23-21-10-6-4-8-19(21)20-9-5-7-11-22(20)23/h4-11,17-18,23H,12-16H2,1-3H3,(H,27,32)(H,30,31). The molecule has 1 unspecified atom stereocenters. The summed E-state index contributed by atoms with van der Waals surface area (Å²) < 4.78 is 5.58. The molecule has 0 aromatic heterocycles. The van der Waals surface area contributed by atoms with Crippen LogP contribution in [0.25, 0.3) is 11.1 Å². The molecule has 1 aliphatic carbocycles. The lowest BCUT2D eigenvalue weighted by Crippen LogP contribution is -2.37. The molecular formula is C26H32N2O5. The third-order valence-corrected chi connectivity index (χ3v) is 6.32. The minimum atomic E-state index is -0.938. The Morgan fingerprint density at radius 3 is 2.15 bits per heavy atom. The molecule has 0 fully saturated rings. The number of hydrogen-bond acceptors (Lipinski definition) is 4. The van der Waals surface area contributed by atoms with Crippen LogP contribution in [0, 0.1) is 11.8 Å². The van der Waals surface area contributed by atoms with Crippen LogP contribution in [0.1, 0.15) is 43.7 Å². The Balaban J connectivity index is 1.53. The van der Waals surface area contributed by atoms with Gasteiger partial charge in [-0.1, -0.05) is 62.4 Å². The fraction of sp³-hybridized carbons (Fsp3) is 0.423. The average Bonchev–Trinajstić information content (AvgIpc) is 3.12. The molecule has 0 saturated carbocycles. The van der Waals surface area contributed by atoms with E-state index in [1.165, 1.54) is 16.0 Å². The summed E-state index contributed by atoms with van der Waals surface area (Å²) in [5.41, 5.74) is 4.66. The molecule has 2 N–H and O–H groups in total. The molecular weight excluding hydrogens is 420 g/mol. The normalized spacial score (nSPS) is 13.2. The zero-order valence-corrected chi connectivity index (χ0v) is 19.4. The lowest BCUT2D eigenvalue weighted by molar-refractivity contribution is -0.138. The van der Waals surface area contributed by atoms with Crippen molar-refractivity contribution in [1.29, 1.82) is 0 Å². The van der Waals surface area contributed by atoms with E-state index in [4.69, 9.17) is 9.84 Å². The maximum atomic E-state index is 12.5. The third kappa shape index (κ3) is 6.12. The number of carboxylic acid groups (broad SMARTS) is 1. The van der Waals surface area contributed by atoms with E-state index < -0.39 is 12.1 Å². The number of nitrogens with one attached hydrogen (secondary N) is 1. The van der Waals surface area contributed by atoms with E-state index in [1.807, 2.05) is 38.1 Å². The van der Waals surface area contributed by atoms with Gasteiger partial charge in [0.2, 0.25) is 5.91 Å². The van der Waals surface area contributed by atoms with Gasteiger partial charge in [-0.15, -0.1) is 0 Å². The zero-order valence-electron chi connectivity index (χ0n) is 19.4. The number of alkyl carbamates (subject to hydrolysis) is 1. The minimum absolute atomic E-state index is 0.00601. The summed E-state index contributed by atoms with van der Waals surface area (Å²) >= 11 is 0. The zero-order chi connectivity index (χ0) is 24.0. The molecule has 7 nitrogen and oxygen atoms in total. The molecule has 33 heavy (non-hydrogen) atoms. The number of carbonyl (C=O) groups is 3. The molecule has 2 aromatic carbocycles. The van der Waals surface area contributed by atoms with Crippen molar-refractivity contribution in [3.63, 3.8) is 0 Å². The first-order valence-corrected chi connectivity index (χ1v) is 11.3. The predicted molar refractivity (Wildman–Crippen MR) is 126 cm³/mol. The first kappa shape index (κ1) is 24.3. The molecule has 2 aromatic rings. The third-order valence-electron chi connectivity index (χ3n) is 6.32. The van der Waals surface area contributed by atoms with Crippen molar-refractivity contribution < 1.29 is 24.2 Å². The van der Waals surface area contributed by atoms with E-state index in [2.05, 4.69) is 29.6 Å². The van der Waals surface area contributed by atoms with Crippen LogP contribution >= 0.6 is 0 Å². The van der Waals surface area contributed by atoms with Gasteiger partial charge in [0.1, 0.15) is 6.61 Å². The van der Waals surface area contributed by atoms with Crippen molar-refractivity contribution in [1.82, 2.24) is 10.2 Å². The van der Waals surface area contributed by atoms with Crippen LogP contribution in [0.5, 0.6) is 0 Å². The SMILES string of the molecule is CC(C)C(CNC(=O)OCC1c2ccccc2-c2ccccc21)CC(=O)N(C)CCC(=O)O. The van der Waals surface area contributed by atoms with Crippen molar-refractivity contribution in [2.24, 2.45) is 11.8 Å². The smallest absolute Gasteiger partial charge is 0.407 e. The topological polar surface area (TPSA) is 95.9 Å². The van der Waals surface area contributed by atoms with Crippen LogP contribution in [0.3, 0.4) is 0 Å². The molecule has 0 heterocycles. The van der Waals surface area contributed by atoms with E-state index in [0.29, 0.717) is 6.54 Å². The van der Waals surface area contributed by atoms with Crippen LogP contribution in [0.4, 0.5) is 4.79 Å². The number of aliphatic carboxylic acids is 1. The molecule has 0 saturated heterocycles. The average molecular weight is 453 g/mol. The van der Waals surface area contributed by atoms with Gasteiger partial charge in [0, 0.05) is 32.5 Å². The van der Waals surface area contributed by atoms with Crippen molar-refractivity contribution in [3.05, 3.63) is 59.7 Å². The molecule has 0 aliphatic heterocycles. The predicted octanol–water partition coefficient (Wildman–Crippen LogP) is 4.12. The molecule has 0 radical (unpaired) electrons. The van der Waals surface area contributed by atoms with E-state index in [0.717, 1.165) is 11.1 Å². The van der Waals surface area contributed by atoms with Gasteiger partial charge in [-0.25, -0.2) is 4.79 Å². The number of hydrogen-bond donors (Lipinski definition) is 2. The van der Waals surface area contributed by atoms with Crippen LogP contribution < -0.4 is 5.32 Å². The summed E-state index contributed by atoms with van der Waals surface area (Å²) in [6, 6.07) is 16.3. The number of benzene rings is 2. The first-order chi connectivity index (χ1) is 15.8. The molecule has 1 atom stereocenters. The summed E-state index contributed by atoms with van der Waals surface area (Å²) in [6.45, 7) is 4.71. The molecule has 1 aliphatic rings. The highest BCUT2D eigenvalue weighted by Crippen LogP contribution is 2.44. The Bertz CT molecular complexity index is 958. The second-order valence-corrected chi connectivity index (χ2v) is 8.87. The number of fused-ring (bicyclic) bond motifs is 3. The largest absolute Gasteiger partial charge is 0.481 e. The minimum Gasteiger partial charge on any atom is -0.481 e. The summed E-state index contributed by atoms with van der Waals surface area (Å²) in [7, 11) is 1.60. The van der Waals surface area contributed by atoms with Crippen LogP contribution in [-0.2, 0) is 14.3 Å². The number of nitrogens with zero attached hydrogens (tertiary/aromatic N) is 1. The molecule has 3 rings (SSSR count). The Kier molecular flexibility index (Phi) is 8.09. The van der Waals surface area contributed by atoms with Gasteiger partial charge < -0.3 is 20.1 Å². The van der Waals surface area contributed by atoms with Crippen LogP contribution in [0.2, 0.25) is 0 Å². The van der Waals surface area contributed by atoms with Crippen molar-refractivity contribution in [2.45, 2.75) is 32.6 Å². The van der Waals surface area contributed by atoms with Crippen LogP contribution in [0.15, 0.2) is 48.5 Å². The fourth-order valence-corrected chi connectivity index (χ4v) is 4.18. The second-order valence-electron chi connectivity index (χ2n) is 8.87. The molecule has 7 heteroatoms. The van der Waals surface area contributed by atoms with E-state index >= 15 is 0 Å². The summed E-state index contributed by atoms with van der Waals surface area (Å²) in [6.07, 6.45) is -0.362. The summed E-state index contributed by atoms with van der Waals surface area (Å²) in [4.78, 5) is 37.0. The Morgan fingerprint density at radius 2 is 1.61 bits per heavy atom. The van der Waals surface area contributed by atoms with Crippen molar-refractivity contribution in [3.8, 4) is 11.1 Å². The van der Waals surface area contributed by atoms with Gasteiger partial charge in [0.15, 0.2) is 0 Å². The van der Waals surface area contributed by atoms with Gasteiger partial charge >= 0.3 is 12.1 Å². The van der Waals surface area contributed by atoms with Gasteiger partial charge in [-0.05, 0) is 34.1 Å². The quantitative estimate of drug-likeness (QED) is 0.565. The number of rotatable bonds is 10. The highest BCUT2D eigenvalue weighted by atomic mass is 16.5.